The van der Waals surface area contributed by atoms with Crippen LogP contribution < -0.4 is 5.32 Å². The molecule has 1 aromatic carbocycles. The van der Waals surface area contributed by atoms with E-state index in [1.165, 1.54) is 4.88 Å². The molecule has 0 radical (unpaired) electrons. The third kappa shape index (κ3) is 2.72. The Bertz CT molecular complexity index is 857. The van der Waals surface area contributed by atoms with Crippen LogP contribution in [0, 0.1) is 0 Å². The molecule has 2 aromatic heterocycles. The fourth-order valence-corrected chi connectivity index (χ4v) is 4.22. The standard InChI is InChI=1S/C17H14BrN3OS/c18-15-6-2-1-5-12(15)13-8-16(22)20-17-14(13)9-19-21(17)10-11-4-3-7-23-11/h1-7,9,13H,8,10H2,(H,20,22)/t13-/m1/s1. The predicted octanol–water partition coefficient (Wildman–Crippen LogP) is 4.23. The van der Waals surface area contributed by atoms with E-state index in [2.05, 4.69) is 38.5 Å². The van der Waals surface area contributed by atoms with Crippen molar-refractivity contribution < 1.29 is 4.79 Å². The number of aromatic nitrogens is 2. The number of halogens is 1. The van der Waals surface area contributed by atoms with Gasteiger partial charge in [-0.2, -0.15) is 5.10 Å². The van der Waals surface area contributed by atoms with E-state index < -0.39 is 0 Å². The molecule has 6 heteroatoms. The Morgan fingerprint density at radius 2 is 2.13 bits per heavy atom. The van der Waals surface area contributed by atoms with Gasteiger partial charge >= 0.3 is 0 Å². The topological polar surface area (TPSA) is 46.9 Å². The number of hydrogen-bond acceptors (Lipinski definition) is 3. The summed E-state index contributed by atoms with van der Waals surface area (Å²) in [6.07, 6.45) is 2.33. The van der Waals surface area contributed by atoms with E-state index in [-0.39, 0.29) is 11.8 Å². The normalized spacial score (nSPS) is 16.9. The van der Waals surface area contributed by atoms with Crippen molar-refractivity contribution in [1.29, 1.82) is 0 Å². The molecule has 4 nitrogen and oxygen atoms in total. The van der Waals surface area contributed by atoms with Crippen LogP contribution in [0.5, 0.6) is 0 Å². The number of fused-ring (bicyclic) bond motifs is 1. The van der Waals surface area contributed by atoms with Crippen molar-refractivity contribution in [2.24, 2.45) is 0 Å². The second kappa shape index (κ2) is 5.94. The highest BCUT2D eigenvalue weighted by Gasteiger charge is 2.30. The molecule has 1 atom stereocenters. The number of carbonyl (C=O) groups is 1. The lowest BCUT2D eigenvalue weighted by Crippen LogP contribution is -2.25. The zero-order valence-electron chi connectivity index (χ0n) is 12.2. The summed E-state index contributed by atoms with van der Waals surface area (Å²) in [7, 11) is 0. The van der Waals surface area contributed by atoms with Crippen molar-refractivity contribution in [3.63, 3.8) is 0 Å². The summed E-state index contributed by atoms with van der Waals surface area (Å²) in [5, 5.41) is 9.55. The fraction of sp³-hybridized carbons (Fsp3) is 0.176. The van der Waals surface area contributed by atoms with Gasteiger partial charge in [0.25, 0.3) is 0 Å². The third-order valence-electron chi connectivity index (χ3n) is 4.06. The monoisotopic (exact) mass is 387 g/mol. The average Bonchev–Trinajstić information content (AvgIpc) is 3.18. The van der Waals surface area contributed by atoms with Crippen LogP contribution in [0.3, 0.4) is 0 Å². The van der Waals surface area contributed by atoms with Crippen molar-refractivity contribution in [3.05, 3.63) is 68.5 Å². The number of anilines is 1. The predicted molar refractivity (Wildman–Crippen MR) is 94.9 cm³/mol. The number of nitrogens with zero attached hydrogens (tertiary/aromatic N) is 2. The molecule has 0 saturated heterocycles. The minimum absolute atomic E-state index is 0.0335. The first-order valence-electron chi connectivity index (χ1n) is 7.35. The first-order chi connectivity index (χ1) is 11.2. The molecule has 1 N–H and O–H groups in total. The van der Waals surface area contributed by atoms with E-state index in [1.54, 1.807) is 11.3 Å². The van der Waals surface area contributed by atoms with Crippen LogP contribution in [0.4, 0.5) is 5.82 Å². The fourth-order valence-electron chi connectivity index (χ4n) is 2.98. The van der Waals surface area contributed by atoms with Crippen LogP contribution in [0.15, 0.2) is 52.4 Å². The smallest absolute Gasteiger partial charge is 0.226 e. The minimum Gasteiger partial charge on any atom is -0.311 e. The Hall–Kier alpha value is -1.92. The van der Waals surface area contributed by atoms with Crippen LogP contribution in [0.25, 0.3) is 0 Å². The summed E-state index contributed by atoms with van der Waals surface area (Å²) in [5.74, 6) is 0.882. The van der Waals surface area contributed by atoms with Gasteiger partial charge in [-0.15, -0.1) is 11.3 Å². The quantitative estimate of drug-likeness (QED) is 0.730. The van der Waals surface area contributed by atoms with Gasteiger partial charge in [-0.05, 0) is 23.1 Å². The van der Waals surface area contributed by atoms with Gasteiger partial charge in [0.05, 0.1) is 12.7 Å². The number of rotatable bonds is 3. The van der Waals surface area contributed by atoms with Gasteiger partial charge in [0.15, 0.2) is 0 Å². The molecule has 1 amide bonds. The number of amides is 1. The Balaban J connectivity index is 1.75. The first-order valence-corrected chi connectivity index (χ1v) is 9.02. The second-order valence-corrected chi connectivity index (χ2v) is 7.40. The van der Waals surface area contributed by atoms with Crippen molar-refractivity contribution in [3.8, 4) is 0 Å². The molecule has 0 spiro atoms. The molecular formula is C17H14BrN3OS. The lowest BCUT2D eigenvalue weighted by Gasteiger charge is -2.24. The summed E-state index contributed by atoms with van der Waals surface area (Å²) in [6.45, 7) is 0.677. The largest absolute Gasteiger partial charge is 0.311 e. The number of carbonyl (C=O) groups excluding carboxylic acids is 1. The van der Waals surface area contributed by atoms with Gasteiger partial charge in [-0.25, -0.2) is 4.68 Å². The highest BCUT2D eigenvalue weighted by molar-refractivity contribution is 9.10. The van der Waals surface area contributed by atoms with Gasteiger partial charge in [-0.1, -0.05) is 40.2 Å². The van der Waals surface area contributed by atoms with E-state index in [1.807, 2.05) is 40.5 Å². The van der Waals surface area contributed by atoms with Gasteiger partial charge in [0, 0.05) is 27.3 Å². The van der Waals surface area contributed by atoms with Gasteiger partial charge in [0.2, 0.25) is 5.91 Å². The zero-order valence-corrected chi connectivity index (χ0v) is 14.6. The van der Waals surface area contributed by atoms with Crippen molar-refractivity contribution in [1.82, 2.24) is 9.78 Å². The van der Waals surface area contributed by atoms with Gasteiger partial charge < -0.3 is 5.32 Å². The molecule has 1 aliphatic heterocycles. The minimum atomic E-state index is 0.0335. The highest BCUT2D eigenvalue weighted by Crippen LogP contribution is 2.39. The molecule has 23 heavy (non-hydrogen) atoms. The summed E-state index contributed by atoms with van der Waals surface area (Å²) in [6, 6.07) is 12.2. The number of nitrogens with one attached hydrogen (secondary N) is 1. The number of hydrogen-bond donors (Lipinski definition) is 1. The molecule has 4 rings (SSSR count). The maximum Gasteiger partial charge on any atom is 0.226 e. The summed E-state index contributed by atoms with van der Waals surface area (Å²) in [4.78, 5) is 13.4. The number of thiophene rings is 1. The highest BCUT2D eigenvalue weighted by atomic mass is 79.9. The maximum atomic E-state index is 12.2. The Kier molecular flexibility index (Phi) is 3.79. The SMILES string of the molecule is O=C1C[C@H](c2ccccc2Br)c2cnn(Cc3cccs3)c2N1. The van der Waals surface area contributed by atoms with E-state index >= 15 is 0 Å². The molecule has 0 bridgehead atoms. The van der Waals surface area contributed by atoms with Crippen LogP contribution in [0.2, 0.25) is 0 Å². The summed E-state index contributed by atoms with van der Waals surface area (Å²) in [5.41, 5.74) is 2.20. The Labute approximate surface area is 146 Å². The van der Waals surface area contributed by atoms with Gasteiger partial charge in [0.1, 0.15) is 5.82 Å². The molecule has 0 saturated carbocycles. The molecular weight excluding hydrogens is 374 g/mol. The molecule has 1 aliphatic rings. The molecule has 116 valence electrons. The van der Waals surface area contributed by atoms with Gasteiger partial charge in [-0.3, -0.25) is 4.79 Å². The van der Waals surface area contributed by atoms with Crippen molar-refractivity contribution in [2.75, 3.05) is 5.32 Å². The zero-order chi connectivity index (χ0) is 15.8. The Morgan fingerprint density at radius 3 is 2.91 bits per heavy atom. The first kappa shape index (κ1) is 14.7. The van der Waals surface area contributed by atoms with Crippen molar-refractivity contribution in [2.45, 2.75) is 18.9 Å². The lowest BCUT2D eigenvalue weighted by atomic mass is 9.87. The molecule has 0 unspecified atom stereocenters. The molecule has 0 fully saturated rings. The third-order valence-corrected chi connectivity index (χ3v) is 5.64. The number of benzene rings is 1. The van der Waals surface area contributed by atoms with E-state index in [4.69, 9.17) is 0 Å². The second-order valence-electron chi connectivity index (χ2n) is 5.51. The Morgan fingerprint density at radius 1 is 1.26 bits per heavy atom. The molecule has 3 aromatic rings. The van der Waals surface area contributed by atoms with E-state index in [9.17, 15) is 4.79 Å². The van der Waals surface area contributed by atoms with E-state index in [0.29, 0.717) is 13.0 Å². The summed E-state index contributed by atoms with van der Waals surface area (Å²) < 4.78 is 2.90. The van der Waals surface area contributed by atoms with Crippen LogP contribution in [0.1, 0.15) is 28.3 Å². The average molecular weight is 388 g/mol. The van der Waals surface area contributed by atoms with Crippen LogP contribution >= 0.6 is 27.3 Å². The van der Waals surface area contributed by atoms with Crippen molar-refractivity contribution >= 4 is 39.0 Å². The van der Waals surface area contributed by atoms with Crippen LogP contribution in [-0.4, -0.2) is 15.7 Å². The maximum absolute atomic E-state index is 12.2. The van der Waals surface area contributed by atoms with Crippen LogP contribution in [-0.2, 0) is 11.3 Å². The van der Waals surface area contributed by atoms with E-state index in [0.717, 1.165) is 21.4 Å². The molecule has 0 aliphatic carbocycles. The lowest BCUT2D eigenvalue weighted by molar-refractivity contribution is -0.116. The summed E-state index contributed by atoms with van der Waals surface area (Å²) >= 11 is 5.29. The molecule has 3 heterocycles.